The first kappa shape index (κ1) is 11.1. The molecule has 0 amide bonds. The van der Waals surface area contributed by atoms with E-state index < -0.39 is 0 Å². The van der Waals surface area contributed by atoms with Crippen LogP contribution in [0.3, 0.4) is 0 Å². The Bertz CT molecular complexity index is 408. The summed E-state index contributed by atoms with van der Waals surface area (Å²) < 4.78 is 0. The second-order valence-corrected chi connectivity index (χ2v) is 4.70. The number of nitrogens with zero attached hydrogens (tertiary/aromatic N) is 1. The zero-order valence-corrected chi connectivity index (χ0v) is 9.96. The van der Waals surface area contributed by atoms with Gasteiger partial charge < -0.3 is 5.73 Å². The maximum absolute atomic E-state index is 7.39. The van der Waals surface area contributed by atoms with E-state index in [4.69, 9.17) is 11.1 Å². The first-order valence-electron chi connectivity index (χ1n) is 5.72. The van der Waals surface area contributed by atoms with Crippen LogP contribution in [0.15, 0.2) is 18.2 Å². The summed E-state index contributed by atoms with van der Waals surface area (Å²) in [5, 5.41) is 7.39. The number of amidine groups is 1. The van der Waals surface area contributed by atoms with Crippen molar-refractivity contribution in [2.45, 2.75) is 32.4 Å². The molecule has 0 heterocycles. The van der Waals surface area contributed by atoms with Crippen LogP contribution in [0, 0.1) is 12.3 Å². The molecule has 1 aliphatic rings. The van der Waals surface area contributed by atoms with Crippen LogP contribution in [0.2, 0.25) is 0 Å². The van der Waals surface area contributed by atoms with Gasteiger partial charge in [-0.15, -0.1) is 0 Å². The standard InChI is InChI=1S/C13H19N3/c1-9-7-10(13(14)15)3-4-11(9)8-16(2)12-5-6-12/h3-4,7,12H,5-6,8H2,1-2H3,(H3,14,15). The van der Waals surface area contributed by atoms with Crippen LogP contribution < -0.4 is 5.73 Å². The Morgan fingerprint density at radius 2 is 2.19 bits per heavy atom. The molecule has 0 aromatic heterocycles. The molecule has 1 aromatic rings. The minimum absolute atomic E-state index is 0.144. The summed E-state index contributed by atoms with van der Waals surface area (Å²) in [6.45, 7) is 3.08. The molecule has 16 heavy (non-hydrogen) atoms. The first-order chi connectivity index (χ1) is 7.58. The number of hydrogen-bond acceptors (Lipinski definition) is 2. The van der Waals surface area contributed by atoms with Crippen molar-refractivity contribution in [1.29, 1.82) is 5.41 Å². The van der Waals surface area contributed by atoms with Gasteiger partial charge in [0.15, 0.2) is 0 Å². The minimum atomic E-state index is 0.144. The number of hydrogen-bond donors (Lipinski definition) is 2. The van der Waals surface area contributed by atoms with Gasteiger partial charge in [-0.25, -0.2) is 0 Å². The molecule has 1 aromatic carbocycles. The van der Waals surface area contributed by atoms with Crippen molar-refractivity contribution < 1.29 is 0 Å². The topological polar surface area (TPSA) is 53.1 Å². The van der Waals surface area contributed by atoms with Crippen LogP contribution >= 0.6 is 0 Å². The fourth-order valence-electron chi connectivity index (χ4n) is 1.95. The Morgan fingerprint density at radius 1 is 1.50 bits per heavy atom. The third-order valence-corrected chi connectivity index (χ3v) is 3.24. The summed E-state index contributed by atoms with van der Waals surface area (Å²) in [7, 11) is 2.18. The lowest BCUT2D eigenvalue weighted by Gasteiger charge is -2.17. The predicted octanol–water partition coefficient (Wildman–Crippen LogP) is 1.87. The van der Waals surface area contributed by atoms with Gasteiger partial charge in [-0.2, -0.15) is 0 Å². The van der Waals surface area contributed by atoms with Gasteiger partial charge in [0.2, 0.25) is 0 Å². The van der Waals surface area contributed by atoms with Crippen LogP contribution in [0.1, 0.15) is 29.5 Å². The Hall–Kier alpha value is -1.35. The van der Waals surface area contributed by atoms with Gasteiger partial charge in [-0.1, -0.05) is 12.1 Å². The van der Waals surface area contributed by atoms with Gasteiger partial charge in [-0.05, 0) is 44.0 Å². The van der Waals surface area contributed by atoms with Gasteiger partial charge in [0.1, 0.15) is 5.84 Å². The molecule has 1 aliphatic carbocycles. The highest BCUT2D eigenvalue weighted by Crippen LogP contribution is 2.27. The molecule has 0 aliphatic heterocycles. The van der Waals surface area contributed by atoms with E-state index in [0.29, 0.717) is 0 Å². The Morgan fingerprint density at radius 3 is 2.69 bits per heavy atom. The highest BCUT2D eigenvalue weighted by atomic mass is 15.1. The summed E-state index contributed by atoms with van der Waals surface area (Å²) in [4.78, 5) is 2.40. The van der Waals surface area contributed by atoms with E-state index in [1.807, 2.05) is 12.1 Å². The predicted molar refractivity (Wildman–Crippen MR) is 66.7 cm³/mol. The highest BCUT2D eigenvalue weighted by Gasteiger charge is 2.26. The second kappa shape index (κ2) is 4.26. The van der Waals surface area contributed by atoms with Crippen molar-refractivity contribution in [2.75, 3.05) is 7.05 Å². The lowest BCUT2D eigenvalue weighted by Crippen LogP contribution is -2.20. The van der Waals surface area contributed by atoms with Gasteiger partial charge in [0.25, 0.3) is 0 Å². The van der Waals surface area contributed by atoms with E-state index in [1.54, 1.807) is 0 Å². The summed E-state index contributed by atoms with van der Waals surface area (Å²) in [5.41, 5.74) is 8.84. The van der Waals surface area contributed by atoms with E-state index in [2.05, 4.69) is 24.9 Å². The molecule has 0 unspecified atom stereocenters. The maximum Gasteiger partial charge on any atom is 0.122 e. The summed E-state index contributed by atoms with van der Waals surface area (Å²) in [5.74, 6) is 0.144. The highest BCUT2D eigenvalue weighted by molar-refractivity contribution is 5.95. The fourth-order valence-corrected chi connectivity index (χ4v) is 1.95. The van der Waals surface area contributed by atoms with Gasteiger partial charge in [0.05, 0.1) is 0 Å². The van der Waals surface area contributed by atoms with Crippen LogP contribution in [-0.2, 0) is 6.54 Å². The van der Waals surface area contributed by atoms with Gasteiger partial charge >= 0.3 is 0 Å². The Labute approximate surface area is 96.8 Å². The largest absolute Gasteiger partial charge is 0.384 e. The van der Waals surface area contributed by atoms with E-state index in [0.717, 1.165) is 18.2 Å². The van der Waals surface area contributed by atoms with Gasteiger partial charge in [-0.3, -0.25) is 10.3 Å². The molecule has 0 saturated heterocycles. The summed E-state index contributed by atoms with van der Waals surface area (Å²) in [6.07, 6.45) is 2.67. The maximum atomic E-state index is 7.39. The molecule has 0 spiro atoms. The molecular formula is C13H19N3. The van der Waals surface area contributed by atoms with Crippen molar-refractivity contribution in [1.82, 2.24) is 4.90 Å². The molecule has 1 saturated carbocycles. The Balaban J connectivity index is 2.12. The molecule has 1 fully saturated rings. The molecule has 0 atom stereocenters. The van der Waals surface area contributed by atoms with Crippen LogP contribution in [-0.4, -0.2) is 23.8 Å². The minimum Gasteiger partial charge on any atom is -0.384 e. The average molecular weight is 217 g/mol. The number of rotatable bonds is 4. The number of nitrogens with one attached hydrogen (secondary N) is 1. The van der Waals surface area contributed by atoms with Crippen LogP contribution in [0.4, 0.5) is 0 Å². The summed E-state index contributed by atoms with van der Waals surface area (Å²) in [6, 6.07) is 6.81. The van der Waals surface area contributed by atoms with E-state index >= 15 is 0 Å². The van der Waals surface area contributed by atoms with Crippen molar-refractivity contribution in [3.8, 4) is 0 Å². The van der Waals surface area contributed by atoms with Crippen LogP contribution in [0.25, 0.3) is 0 Å². The zero-order chi connectivity index (χ0) is 11.7. The normalized spacial score (nSPS) is 15.4. The molecule has 0 radical (unpaired) electrons. The van der Waals surface area contributed by atoms with E-state index in [1.165, 1.54) is 24.0 Å². The lowest BCUT2D eigenvalue weighted by atomic mass is 10.0. The fraction of sp³-hybridized carbons (Fsp3) is 0.462. The smallest absolute Gasteiger partial charge is 0.122 e. The lowest BCUT2D eigenvalue weighted by molar-refractivity contribution is 0.316. The molecule has 3 nitrogen and oxygen atoms in total. The van der Waals surface area contributed by atoms with Crippen molar-refractivity contribution in [2.24, 2.45) is 5.73 Å². The molecule has 3 heteroatoms. The SMILES string of the molecule is Cc1cc(C(=N)N)ccc1CN(C)C1CC1. The van der Waals surface area contributed by atoms with Crippen molar-refractivity contribution >= 4 is 5.84 Å². The Kier molecular flexibility index (Phi) is 2.97. The third kappa shape index (κ3) is 2.42. The van der Waals surface area contributed by atoms with Crippen LogP contribution in [0.5, 0.6) is 0 Å². The third-order valence-electron chi connectivity index (χ3n) is 3.24. The number of benzene rings is 1. The molecule has 0 bridgehead atoms. The number of aryl methyl sites for hydroxylation is 1. The second-order valence-electron chi connectivity index (χ2n) is 4.70. The van der Waals surface area contributed by atoms with Gasteiger partial charge in [0, 0.05) is 18.2 Å². The summed E-state index contributed by atoms with van der Waals surface area (Å²) >= 11 is 0. The quantitative estimate of drug-likeness (QED) is 0.597. The van der Waals surface area contributed by atoms with E-state index in [9.17, 15) is 0 Å². The first-order valence-corrected chi connectivity index (χ1v) is 5.72. The molecule has 3 N–H and O–H groups in total. The molecule has 86 valence electrons. The van der Waals surface area contributed by atoms with E-state index in [-0.39, 0.29) is 5.84 Å². The molecular weight excluding hydrogens is 198 g/mol. The molecule has 2 rings (SSSR count). The number of nitrogens with two attached hydrogens (primary N) is 1. The van der Waals surface area contributed by atoms with Crippen molar-refractivity contribution in [3.05, 3.63) is 34.9 Å². The number of nitrogen functional groups attached to an aromatic ring is 1. The monoisotopic (exact) mass is 217 g/mol. The average Bonchev–Trinajstić information content (AvgIpc) is 3.03. The van der Waals surface area contributed by atoms with Crippen molar-refractivity contribution in [3.63, 3.8) is 0 Å². The zero-order valence-electron chi connectivity index (χ0n) is 9.96.